The molecule has 0 bridgehead atoms. The molecule has 2 aliphatic rings. The van der Waals surface area contributed by atoms with Gasteiger partial charge in [0, 0.05) is 59.2 Å². The molecule has 2 N–H and O–H groups in total. The van der Waals surface area contributed by atoms with Crippen molar-refractivity contribution in [1.29, 1.82) is 0 Å². The van der Waals surface area contributed by atoms with Crippen molar-refractivity contribution in [3.63, 3.8) is 0 Å². The fourth-order valence-corrected chi connectivity index (χ4v) is 7.01. The van der Waals surface area contributed by atoms with Crippen molar-refractivity contribution in [2.24, 2.45) is 0 Å². The van der Waals surface area contributed by atoms with Crippen LogP contribution in [0.2, 0.25) is 0 Å². The average molecular weight is 605 g/mol. The maximum absolute atomic E-state index is 4.19. The van der Waals surface area contributed by atoms with Crippen molar-refractivity contribution >= 4 is 49.4 Å². The van der Waals surface area contributed by atoms with Crippen molar-refractivity contribution in [3.8, 4) is 16.8 Å². The molecule has 4 heterocycles. The van der Waals surface area contributed by atoms with Crippen LogP contribution < -0.4 is 10.6 Å². The molecule has 0 spiro atoms. The lowest BCUT2D eigenvalue weighted by Crippen LogP contribution is -2.14. The fraction of sp³-hybridized carbons (Fsp3) is 0.0465. The largest absolute Gasteiger partial charge is 0.386 e. The first-order valence-corrected chi connectivity index (χ1v) is 16.1. The Bertz CT molecular complexity index is 2430. The van der Waals surface area contributed by atoms with Crippen molar-refractivity contribution in [2.75, 3.05) is 13.1 Å². The number of hydrogen-bond acceptors (Lipinski definition) is 3. The number of pyridine rings is 1. The number of nitrogens with zero attached hydrogens (tertiary/aromatic N) is 2. The van der Waals surface area contributed by atoms with E-state index in [1.165, 1.54) is 66.1 Å². The van der Waals surface area contributed by atoms with Gasteiger partial charge in [-0.1, -0.05) is 91.0 Å². The molecule has 2 aliphatic heterocycles. The number of para-hydroxylation sites is 1. The van der Waals surface area contributed by atoms with Gasteiger partial charge < -0.3 is 15.2 Å². The molecule has 5 aromatic carbocycles. The summed E-state index contributed by atoms with van der Waals surface area (Å²) in [6.07, 6.45) is 14.5. The first-order chi connectivity index (χ1) is 23.3. The molecule has 4 nitrogen and oxygen atoms in total. The Balaban J connectivity index is 1.18. The average Bonchev–Trinajstić information content (AvgIpc) is 3.50. The van der Waals surface area contributed by atoms with Gasteiger partial charge in [-0.25, -0.2) is 0 Å². The normalized spacial score (nSPS) is 14.4. The molecular formula is C43H32N4. The minimum absolute atomic E-state index is 0.781. The van der Waals surface area contributed by atoms with Crippen LogP contribution in [0.4, 0.5) is 0 Å². The van der Waals surface area contributed by atoms with Crippen LogP contribution in [0.25, 0.3) is 66.2 Å². The third kappa shape index (κ3) is 4.82. The van der Waals surface area contributed by atoms with Gasteiger partial charge in [0.2, 0.25) is 0 Å². The highest BCUT2D eigenvalue weighted by Gasteiger charge is 2.18. The first-order valence-electron chi connectivity index (χ1n) is 16.1. The summed E-state index contributed by atoms with van der Waals surface area (Å²) >= 11 is 0. The number of allylic oxidation sites excluding steroid dienone is 4. The highest BCUT2D eigenvalue weighted by molar-refractivity contribution is 6.19. The van der Waals surface area contributed by atoms with Crippen LogP contribution >= 0.6 is 0 Å². The maximum atomic E-state index is 4.19. The summed E-state index contributed by atoms with van der Waals surface area (Å²) in [5, 5.41) is 11.9. The van der Waals surface area contributed by atoms with E-state index < -0.39 is 0 Å². The molecule has 7 aromatic rings. The van der Waals surface area contributed by atoms with E-state index in [9.17, 15) is 0 Å². The lowest BCUT2D eigenvalue weighted by Gasteiger charge is -2.17. The summed E-state index contributed by atoms with van der Waals surface area (Å²) < 4.78 is 2.45. The third-order valence-corrected chi connectivity index (χ3v) is 9.36. The molecule has 0 unspecified atom stereocenters. The van der Waals surface area contributed by atoms with Crippen molar-refractivity contribution in [2.45, 2.75) is 0 Å². The Morgan fingerprint density at radius 2 is 1.40 bits per heavy atom. The summed E-state index contributed by atoms with van der Waals surface area (Å²) in [6, 6.07) is 42.1. The van der Waals surface area contributed by atoms with Gasteiger partial charge >= 0.3 is 0 Å². The van der Waals surface area contributed by atoms with E-state index in [0.717, 1.165) is 29.9 Å². The number of aromatic nitrogens is 2. The van der Waals surface area contributed by atoms with Crippen molar-refractivity contribution in [3.05, 3.63) is 175 Å². The number of fused-ring (bicyclic) bond motifs is 5. The van der Waals surface area contributed by atoms with Crippen LogP contribution in [0.15, 0.2) is 158 Å². The Labute approximate surface area is 273 Å². The zero-order valence-electron chi connectivity index (χ0n) is 25.8. The van der Waals surface area contributed by atoms with Gasteiger partial charge in [-0.2, -0.15) is 0 Å². The van der Waals surface area contributed by atoms with E-state index in [2.05, 4.69) is 166 Å². The number of hydrogen-bond donors (Lipinski definition) is 2. The molecular weight excluding hydrogens is 573 g/mol. The molecule has 2 aromatic heterocycles. The number of rotatable bonds is 5. The summed E-state index contributed by atoms with van der Waals surface area (Å²) in [7, 11) is 0. The topological polar surface area (TPSA) is 41.9 Å². The monoisotopic (exact) mass is 604 g/mol. The lowest BCUT2D eigenvalue weighted by molar-refractivity contribution is 0.990. The van der Waals surface area contributed by atoms with E-state index in [4.69, 9.17) is 0 Å². The molecule has 0 amide bonds. The number of dihydropyridines is 2. The Hall–Kier alpha value is -6.13. The standard InChI is InChI=1S/C43H32N4/c1-2-6-37(7-3-1)47-42-26-33(36-25-35(27-45-28-36)30-19-22-44-23-20-30)14-17-39(42)40-18-15-34-24-32(13-16-38(34)43(40)47)29-9-11-31(12-10-29)41-8-4-5-21-46-41/h1-20,22-27,45-46H,21,28H2. The minimum atomic E-state index is 0.781. The fourth-order valence-electron chi connectivity index (χ4n) is 7.01. The Morgan fingerprint density at radius 1 is 0.638 bits per heavy atom. The van der Waals surface area contributed by atoms with Gasteiger partial charge in [-0.15, -0.1) is 0 Å². The second kappa shape index (κ2) is 11.3. The second-order valence-corrected chi connectivity index (χ2v) is 12.2. The molecule has 0 radical (unpaired) electrons. The van der Waals surface area contributed by atoms with Crippen molar-refractivity contribution < 1.29 is 0 Å². The molecule has 0 aliphatic carbocycles. The zero-order chi connectivity index (χ0) is 31.2. The summed E-state index contributed by atoms with van der Waals surface area (Å²) in [5.74, 6) is 0. The molecule has 0 atom stereocenters. The predicted molar refractivity (Wildman–Crippen MR) is 197 cm³/mol. The Morgan fingerprint density at radius 3 is 2.23 bits per heavy atom. The van der Waals surface area contributed by atoms with Crippen LogP contribution in [-0.2, 0) is 0 Å². The van der Waals surface area contributed by atoms with Gasteiger partial charge in [0.25, 0.3) is 0 Å². The minimum Gasteiger partial charge on any atom is -0.386 e. The maximum Gasteiger partial charge on any atom is 0.0619 e. The van der Waals surface area contributed by atoms with Crippen molar-refractivity contribution in [1.82, 2.24) is 20.2 Å². The predicted octanol–water partition coefficient (Wildman–Crippen LogP) is 9.53. The highest BCUT2D eigenvalue weighted by Crippen LogP contribution is 2.39. The molecule has 9 rings (SSSR count). The van der Waals surface area contributed by atoms with Crippen LogP contribution in [-0.4, -0.2) is 22.6 Å². The van der Waals surface area contributed by atoms with Crippen LogP contribution in [0, 0.1) is 0 Å². The number of nitrogens with one attached hydrogen (secondary N) is 2. The SMILES string of the molecule is C1=CCNC(c2ccc(-c3ccc4c(ccc5c6ccc(C7=CC(c8ccncc8)=CNC7)cc6n(-c6ccccc6)c45)c3)cc2)=C1. The van der Waals surface area contributed by atoms with Crippen LogP contribution in [0.3, 0.4) is 0 Å². The molecule has 47 heavy (non-hydrogen) atoms. The molecule has 224 valence electrons. The summed E-state index contributed by atoms with van der Waals surface area (Å²) in [6.45, 7) is 1.65. The third-order valence-electron chi connectivity index (χ3n) is 9.36. The summed E-state index contributed by atoms with van der Waals surface area (Å²) in [4.78, 5) is 4.19. The quantitative estimate of drug-likeness (QED) is 0.206. The van der Waals surface area contributed by atoms with Crippen LogP contribution in [0.5, 0.6) is 0 Å². The van der Waals surface area contributed by atoms with E-state index in [1.807, 2.05) is 12.4 Å². The highest BCUT2D eigenvalue weighted by atomic mass is 15.0. The van der Waals surface area contributed by atoms with E-state index in [1.54, 1.807) is 0 Å². The molecule has 0 saturated carbocycles. The van der Waals surface area contributed by atoms with Gasteiger partial charge in [0.1, 0.15) is 0 Å². The van der Waals surface area contributed by atoms with E-state index in [0.29, 0.717) is 0 Å². The molecule has 0 fully saturated rings. The van der Waals surface area contributed by atoms with E-state index in [-0.39, 0.29) is 0 Å². The zero-order valence-corrected chi connectivity index (χ0v) is 25.8. The summed E-state index contributed by atoms with van der Waals surface area (Å²) in [5.41, 5.74) is 13.2. The smallest absolute Gasteiger partial charge is 0.0619 e. The first kappa shape index (κ1) is 27.2. The van der Waals surface area contributed by atoms with Gasteiger partial charge in [-0.05, 0) is 92.9 Å². The Kier molecular flexibility index (Phi) is 6.57. The van der Waals surface area contributed by atoms with Gasteiger partial charge in [-0.3, -0.25) is 4.98 Å². The number of benzene rings is 5. The van der Waals surface area contributed by atoms with Gasteiger partial charge in [0.15, 0.2) is 0 Å². The molecule has 0 saturated heterocycles. The molecule has 4 heteroatoms. The van der Waals surface area contributed by atoms with Gasteiger partial charge in [0.05, 0.1) is 11.0 Å². The lowest BCUT2D eigenvalue weighted by atomic mass is 9.96. The second-order valence-electron chi connectivity index (χ2n) is 12.2. The van der Waals surface area contributed by atoms with Crippen LogP contribution in [0.1, 0.15) is 16.7 Å². The van der Waals surface area contributed by atoms with E-state index >= 15 is 0 Å².